The largest absolute Gasteiger partial charge is 0.462 e. The summed E-state index contributed by atoms with van der Waals surface area (Å²) in [5.74, 6) is -0.916. The summed E-state index contributed by atoms with van der Waals surface area (Å²) in [7, 11) is 0. The fourth-order valence-electron chi connectivity index (χ4n) is 7.96. The van der Waals surface area contributed by atoms with Gasteiger partial charge in [-0.3, -0.25) is 14.4 Å². The molecule has 0 amide bonds. The molecule has 0 bridgehead atoms. The molecule has 0 aromatic rings. The maximum absolute atomic E-state index is 12.8. The number of hydrogen-bond acceptors (Lipinski definition) is 6. The highest BCUT2D eigenvalue weighted by atomic mass is 16.6. The average molecular weight is 897 g/mol. The predicted molar refractivity (Wildman–Crippen MR) is 275 cm³/mol. The fourth-order valence-corrected chi connectivity index (χ4v) is 7.96. The van der Waals surface area contributed by atoms with Gasteiger partial charge in [0.1, 0.15) is 13.2 Å². The summed E-state index contributed by atoms with van der Waals surface area (Å²) in [6.45, 7) is 6.51. The van der Waals surface area contributed by atoms with E-state index < -0.39 is 6.10 Å². The Morgan fingerprint density at radius 3 is 0.953 bits per heavy atom. The van der Waals surface area contributed by atoms with E-state index in [1.54, 1.807) is 0 Å². The Kier molecular flexibility index (Phi) is 50.8. The van der Waals surface area contributed by atoms with Crippen LogP contribution in [0.4, 0.5) is 0 Å². The van der Waals surface area contributed by atoms with E-state index >= 15 is 0 Å². The summed E-state index contributed by atoms with van der Waals surface area (Å²) < 4.78 is 16.8. The molecule has 0 fully saturated rings. The average Bonchev–Trinajstić information content (AvgIpc) is 3.29. The number of carbonyl (C=O) groups is 3. The zero-order valence-electron chi connectivity index (χ0n) is 42.6. The Bertz CT molecular complexity index is 1120. The Hall–Kier alpha value is -2.63. The van der Waals surface area contributed by atoms with Gasteiger partial charge in [-0.25, -0.2) is 0 Å². The number of carbonyl (C=O) groups excluding carboxylic acids is 3. The minimum atomic E-state index is -0.790. The van der Waals surface area contributed by atoms with Crippen molar-refractivity contribution in [1.29, 1.82) is 0 Å². The SMILES string of the molecule is CC/C=C\C/C=C\C/C=C\C/C=C\CCCCC(=O)OC(COC(=O)CCCCCCCCCCCCC)COC(=O)CCCCCCCCCCCCCCCCCCCCCC. The highest BCUT2D eigenvalue weighted by molar-refractivity contribution is 5.71. The van der Waals surface area contributed by atoms with Gasteiger partial charge in [0, 0.05) is 19.3 Å². The second-order valence-corrected chi connectivity index (χ2v) is 18.5. The first-order chi connectivity index (χ1) is 31.5. The monoisotopic (exact) mass is 897 g/mol. The van der Waals surface area contributed by atoms with Crippen LogP contribution in [0.15, 0.2) is 48.6 Å². The Labute approximate surface area is 397 Å². The second kappa shape index (κ2) is 53.0. The lowest BCUT2D eigenvalue weighted by molar-refractivity contribution is -0.167. The van der Waals surface area contributed by atoms with Crippen LogP contribution in [0.5, 0.6) is 0 Å². The van der Waals surface area contributed by atoms with E-state index in [-0.39, 0.29) is 37.5 Å². The number of allylic oxidation sites excluding steroid dienone is 8. The summed E-state index contributed by atoms with van der Waals surface area (Å²) in [4.78, 5) is 38.0. The third-order valence-corrected chi connectivity index (χ3v) is 12.1. The van der Waals surface area contributed by atoms with Crippen molar-refractivity contribution >= 4 is 17.9 Å². The summed E-state index contributed by atoms with van der Waals surface area (Å²) in [6, 6.07) is 0. The van der Waals surface area contributed by atoms with Crippen molar-refractivity contribution in [2.45, 2.75) is 290 Å². The summed E-state index contributed by atoms with van der Waals surface area (Å²) in [6.07, 6.45) is 63.9. The van der Waals surface area contributed by atoms with Gasteiger partial charge in [0.2, 0.25) is 0 Å². The molecule has 6 nitrogen and oxygen atoms in total. The molecule has 0 aromatic carbocycles. The van der Waals surface area contributed by atoms with Crippen molar-refractivity contribution in [3.8, 4) is 0 Å². The van der Waals surface area contributed by atoms with Crippen LogP contribution in [-0.4, -0.2) is 37.2 Å². The third-order valence-electron chi connectivity index (χ3n) is 12.1. The second-order valence-electron chi connectivity index (χ2n) is 18.5. The van der Waals surface area contributed by atoms with Gasteiger partial charge in [-0.2, -0.15) is 0 Å². The summed E-state index contributed by atoms with van der Waals surface area (Å²) in [5.41, 5.74) is 0. The molecular weight excluding hydrogens is 793 g/mol. The molecule has 0 saturated heterocycles. The van der Waals surface area contributed by atoms with Gasteiger partial charge in [-0.1, -0.05) is 256 Å². The van der Waals surface area contributed by atoms with Crippen LogP contribution in [0, 0.1) is 0 Å². The van der Waals surface area contributed by atoms with Gasteiger partial charge < -0.3 is 14.2 Å². The van der Waals surface area contributed by atoms with E-state index in [9.17, 15) is 14.4 Å². The minimum Gasteiger partial charge on any atom is -0.462 e. The maximum Gasteiger partial charge on any atom is 0.306 e. The van der Waals surface area contributed by atoms with Crippen molar-refractivity contribution in [1.82, 2.24) is 0 Å². The van der Waals surface area contributed by atoms with E-state index in [1.807, 2.05) is 0 Å². The first-order valence-electron chi connectivity index (χ1n) is 27.6. The van der Waals surface area contributed by atoms with Gasteiger partial charge in [0.15, 0.2) is 6.10 Å². The zero-order valence-corrected chi connectivity index (χ0v) is 42.6. The highest BCUT2D eigenvalue weighted by Gasteiger charge is 2.19. The molecular formula is C58H104O6. The third kappa shape index (κ3) is 50.4. The van der Waals surface area contributed by atoms with Crippen LogP contribution in [0.3, 0.4) is 0 Å². The van der Waals surface area contributed by atoms with Gasteiger partial charge in [-0.05, 0) is 57.8 Å². The molecule has 0 radical (unpaired) electrons. The molecule has 6 heteroatoms. The summed E-state index contributed by atoms with van der Waals surface area (Å²) >= 11 is 0. The lowest BCUT2D eigenvalue weighted by Gasteiger charge is -2.18. The van der Waals surface area contributed by atoms with Crippen LogP contribution in [0.2, 0.25) is 0 Å². The molecule has 0 aliphatic rings. The van der Waals surface area contributed by atoms with Crippen LogP contribution in [0.1, 0.15) is 284 Å². The van der Waals surface area contributed by atoms with E-state index in [4.69, 9.17) is 14.2 Å². The maximum atomic E-state index is 12.8. The molecule has 0 heterocycles. The van der Waals surface area contributed by atoms with Crippen LogP contribution < -0.4 is 0 Å². The molecule has 1 atom stereocenters. The topological polar surface area (TPSA) is 78.9 Å². The summed E-state index contributed by atoms with van der Waals surface area (Å²) in [5, 5.41) is 0. The van der Waals surface area contributed by atoms with Crippen LogP contribution >= 0.6 is 0 Å². The predicted octanol–water partition coefficient (Wildman–Crippen LogP) is 18.3. The van der Waals surface area contributed by atoms with Crippen molar-refractivity contribution in [2.24, 2.45) is 0 Å². The lowest BCUT2D eigenvalue weighted by Crippen LogP contribution is -2.30. The first-order valence-corrected chi connectivity index (χ1v) is 27.6. The van der Waals surface area contributed by atoms with E-state index in [0.29, 0.717) is 19.3 Å². The number of hydrogen-bond donors (Lipinski definition) is 0. The standard InChI is InChI=1S/C58H104O6/c1-4-7-10-13-16-19-22-24-26-27-28-29-30-32-33-36-39-42-45-48-51-57(60)63-54-55(53-62-56(59)50-47-44-41-38-35-21-18-15-12-9-6-3)64-58(61)52-49-46-43-40-37-34-31-25-23-20-17-14-11-8-5-2/h8,11,17,20,25,31,37,40,55H,4-7,9-10,12-16,18-19,21-24,26-30,32-36,38-39,41-54H2,1-3H3/b11-8-,20-17-,31-25-,40-37-. The van der Waals surface area contributed by atoms with Crippen molar-refractivity contribution < 1.29 is 28.6 Å². The zero-order chi connectivity index (χ0) is 46.5. The molecule has 1 unspecified atom stereocenters. The Morgan fingerprint density at radius 1 is 0.328 bits per heavy atom. The van der Waals surface area contributed by atoms with Gasteiger partial charge in [0.05, 0.1) is 0 Å². The number of unbranched alkanes of at least 4 members (excludes halogenated alkanes) is 31. The molecule has 0 aliphatic heterocycles. The molecule has 0 N–H and O–H groups in total. The number of rotatable bonds is 50. The molecule has 0 aliphatic carbocycles. The number of ether oxygens (including phenoxy) is 3. The minimum absolute atomic E-state index is 0.0859. The molecule has 0 rings (SSSR count). The van der Waals surface area contributed by atoms with Crippen molar-refractivity contribution in [3.63, 3.8) is 0 Å². The Balaban J connectivity index is 4.33. The van der Waals surface area contributed by atoms with Gasteiger partial charge in [0.25, 0.3) is 0 Å². The highest BCUT2D eigenvalue weighted by Crippen LogP contribution is 2.16. The quantitative estimate of drug-likeness (QED) is 0.0262. The van der Waals surface area contributed by atoms with E-state index in [0.717, 1.165) is 77.0 Å². The first kappa shape index (κ1) is 61.4. The number of esters is 3. The lowest BCUT2D eigenvalue weighted by atomic mass is 10.0. The smallest absolute Gasteiger partial charge is 0.306 e. The molecule has 0 saturated carbocycles. The van der Waals surface area contributed by atoms with Crippen molar-refractivity contribution in [3.05, 3.63) is 48.6 Å². The van der Waals surface area contributed by atoms with E-state index in [2.05, 4.69) is 69.4 Å². The van der Waals surface area contributed by atoms with Gasteiger partial charge in [-0.15, -0.1) is 0 Å². The molecule has 372 valence electrons. The van der Waals surface area contributed by atoms with Crippen LogP contribution in [-0.2, 0) is 28.6 Å². The van der Waals surface area contributed by atoms with Gasteiger partial charge >= 0.3 is 17.9 Å². The fraction of sp³-hybridized carbons (Fsp3) is 0.810. The molecule has 0 aromatic heterocycles. The van der Waals surface area contributed by atoms with E-state index in [1.165, 1.54) is 161 Å². The molecule has 64 heavy (non-hydrogen) atoms. The normalized spacial score (nSPS) is 12.4. The molecule has 0 spiro atoms. The van der Waals surface area contributed by atoms with Crippen molar-refractivity contribution in [2.75, 3.05) is 13.2 Å². The Morgan fingerprint density at radius 2 is 0.609 bits per heavy atom. The van der Waals surface area contributed by atoms with Crippen LogP contribution in [0.25, 0.3) is 0 Å².